The second kappa shape index (κ2) is 7.20. The van der Waals surface area contributed by atoms with Crippen LogP contribution in [0.5, 0.6) is 0 Å². The molecule has 0 aromatic heterocycles. The Labute approximate surface area is 107 Å². The molecule has 0 aliphatic heterocycles. The first-order valence-corrected chi connectivity index (χ1v) is 6.51. The number of hydrogen-bond acceptors (Lipinski definition) is 3. The van der Waals surface area contributed by atoms with E-state index in [0.717, 1.165) is 25.7 Å². The van der Waals surface area contributed by atoms with Gasteiger partial charge in [0.1, 0.15) is 0 Å². The molecule has 18 heavy (non-hydrogen) atoms. The van der Waals surface area contributed by atoms with Crippen molar-refractivity contribution >= 4 is 12.0 Å². The lowest BCUT2D eigenvalue weighted by atomic mass is 9.94. The lowest BCUT2D eigenvalue weighted by Gasteiger charge is -2.33. The third-order valence-electron chi connectivity index (χ3n) is 3.35. The van der Waals surface area contributed by atoms with E-state index in [0.29, 0.717) is 6.54 Å². The number of urea groups is 1. The van der Waals surface area contributed by atoms with E-state index < -0.39 is 12.1 Å². The fourth-order valence-corrected chi connectivity index (χ4v) is 2.33. The molecule has 1 saturated carbocycles. The molecule has 0 radical (unpaired) electrons. The summed E-state index contributed by atoms with van der Waals surface area (Å²) in [7, 11) is 0. The molecule has 1 fully saturated rings. The Morgan fingerprint density at radius 3 is 2.44 bits per heavy atom. The number of nitrogens with one attached hydrogen (secondary N) is 1. The molecule has 1 aliphatic rings. The van der Waals surface area contributed by atoms with Crippen molar-refractivity contribution in [3.8, 4) is 0 Å². The number of aliphatic hydroxyl groups excluding tert-OH is 1. The van der Waals surface area contributed by atoms with E-state index in [9.17, 15) is 9.59 Å². The van der Waals surface area contributed by atoms with Crippen molar-refractivity contribution in [2.24, 2.45) is 0 Å². The second-order valence-corrected chi connectivity index (χ2v) is 4.62. The summed E-state index contributed by atoms with van der Waals surface area (Å²) < 4.78 is 0. The summed E-state index contributed by atoms with van der Waals surface area (Å²) in [6.07, 6.45) is 3.94. The van der Waals surface area contributed by atoms with Crippen molar-refractivity contribution in [2.45, 2.75) is 51.2 Å². The molecule has 0 heterocycles. The van der Waals surface area contributed by atoms with E-state index >= 15 is 0 Å². The van der Waals surface area contributed by atoms with Gasteiger partial charge in [0.25, 0.3) is 0 Å². The van der Waals surface area contributed by atoms with Gasteiger partial charge in [-0.15, -0.1) is 0 Å². The average molecular weight is 258 g/mol. The van der Waals surface area contributed by atoms with Gasteiger partial charge in [-0.25, -0.2) is 9.59 Å². The molecule has 0 aromatic carbocycles. The quantitative estimate of drug-likeness (QED) is 0.680. The highest BCUT2D eigenvalue weighted by atomic mass is 16.4. The standard InChI is InChI=1S/C12H22N2O4/c1-2-14(9-6-4-3-5-7-9)12(18)13-8-10(15)11(16)17/h9-10,15H,2-8H2,1H3,(H,13,18)(H,16,17). The van der Waals surface area contributed by atoms with Gasteiger partial charge in [-0.05, 0) is 19.8 Å². The third kappa shape index (κ3) is 4.18. The van der Waals surface area contributed by atoms with Crippen molar-refractivity contribution in [2.75, 3.05) is 13.1 Å². The maximum absolute atomic E-state index is 11.9. The number of carbonyl (C=O) groups excluding carboxylic acids is 1. The van der Waals surface area contributed by atoms with Gasteiger partial charge >= 0.3 is 12.0 Å². The van der Waals surface area contributed by atoms with E-state index in [2.05, 4.69) is 5.32 Å². The largest absolute Gasteiger partial charge is 0.479 e. The summed E-state index contributed by atoms with van der Waals surface area (Å²) in [6, 6.07) is -0.0459. The van der Waals surface area contributed by atoms with Gasteiger partial charge in [0.15, 0.2) is 6.10 Å². The Kier molecular flexibility index (Phi) is 5.91. The number of carboxylic acid groups (broad SMARTS) is 1. The fourth-order valence-electron chi connectivity index (χ4n) is 2.33. The molecule has 2 amide bonds. The maximum atomic E-state index is 11.9. The van der Waals surface area contributed by atoms with Crippen LogP contribution in [-0.4, -0.2) is 52.3 Å². The van der Waals surface area contributed by atoms with Crippen LogP contribution in [0.1, 0.15) is 39.0 Å². The summed E-state index contributed by atoms with van der Waals surface area (Å²) in [4.78, 5) is 24.1. The van der Waals surface area contributed by atoms with Gasteiger partial charge in [0, 0.05) is 12.6 Å². The molecule has 104 valence electrons. The summed E-state index contributed by atoms with van der Waals surface area (Å²) in [5.74, 6) is -1.32. The zero-order valence-electron chi connectivity index (χ0n) is 10.8. The molecular formula is C12H22N2O4. The fraction of sp³-hybridized carbons (Fsp3) is 0.833. The number of hydrogen-bond donors (Lipinski definition) is 3. The summed E-state index contributed by atoms with van der Waals surface area (Å²) in [5, 5.41) is 20.1. The molecule has 0 aromatic rings. The normalized spacial score (nSPS) is 18.1. The first kappa shape index (κ1) is 14.8. The number of carbonyl (C=O) groups is 2. The molecule has 1 aliphatic carbocycles. The second-order valence-electron chi connectivity index (χ2n) is 4.62. The molecule has 0 spiro atoms. The predicted octanol–water partition coefficient (Wildman–Crippen LogP) is 0.796. The highest BCUT2D eigenvalue weighted by molar-refractivity contribution is 5.77. The maximum Gasteiger partial charge on any atom is 0.334 e. The number of aliphatic carboxylic acids is 1. The van der Waals surface area contributed by atoms with E-state index in [1.54, 1.807) is 4.90 Å². The molecular weight excluding hydrogens is 236 g/mol. The van der Waals surface area contributed by atoms with E-state index in [-0.39, 0.29) is 18.6 Å². The van der Waals surface area contributed by atoms with Crippen LogP contribution in [0.4, 0.5) is 4.79 Å². The van der Waals surface area contributed by atoms with Gasteiger partial charge in [0.05, 0.1) is 6.54 Å². The molecule has 1 atom stereocenters. The highest BCUT2D eigenvalue weighted by Gasteiger charge is 2.24. The molecule has 1 unspecified atom stereocenters. The zero-order valence-corrected chi connectivity index (χ0v) is 10.8. The number of aliphatic hydroxyl groups is 1. The predicted molar refractivity (Wildman–Crippen MR) is 66.3 cm³/mol. The highest BCUT2D eigenvalue weighted by Crippen LogP contribution is 2.22. The van der Waals surface area contributed by atoms with Crippen LogP contribution in [0, 0.1) is 0 Å². The van der Waals surface area contributed by atoms with Gasteiger partial charge in [-0.3, -0.25) is 0 Å². The van der Waals surface area contributed by atoms with E-state index in [1.807, 2.05) is 6.92 Å². The van der Waals surface area contributed by atoms with Crippen molar-refractivity contribution in [1.29, 1.82) is 0 Å². The van der Waals surface area contributed by atoms with Crippen LogP contribution in [-0.2, 0) is 4.79 Å². The van der Waals surface area contributed by atoms with E-state index in [4.69, 9.17) is 10.2 Å². The Balaban J connectivity index is 2.43. The van der Waals surface area contributed by atoms with Crippen molar-refractivity contribution in [1.82, 2.24) is 10.2 Å². The van der Waals surface area contributed by atoms with Gasteiger partial charge in [-0.1, -0.05) is 19.3 Å². The first-order chi connectivity index (χ1) is 8.56. The summed E-state index contributed by atoms with van der Waals surface area (Å²) in [6.45, 7) is 2.25. The van der Waals surface area contributed by atoms with Crippen LogP contribution in [0.15, 0.2) is 0 Å². The van der Waals surface area contributed by atoms with Crippen molar-refractivity contribution in [3.63, 3.8) is 0 Å². The number of rotatable bonds is 5. The van der Waals surface area contributed by atoms with E-state index in [1.165, 1.54) is 6.42 Å². The van der Waals surface area contributed by atoms with Gasteiger partial charge in [0.2, 0.25) is 0 Å². The summed E-state index contributed by atoms with van der Waals surface area (Å²) >= 11 is 0. The smallest absolute Gasteiger partial charge is 0.334 e. The average Bonchev–Trinajstić information content (AvgIpc) is 2.38. The Bertz CT molecular complexity index is 290. The monoisotopic (exact) mass is 258 g/mol. The number of amides is 2. The van der Waals surface area contributed by atoms with Crippen LogP contribution in [0.3, 0.4) is 0 Å². The van der Waals surface area contributed by atoms with Crippen LogP contribution in [0.2, 0.25) is 0 Å². The zero-order chi connectivity index (χ0) is 13.5. The minimum absolute atomic E-state index is 0.241. The van der Waals surface area contributed by atoms with Crippen LogP contribution < -0.4 is 5.32 Å². The Hall–Kier alpha value is -1.30. The molecule has 1 rings (SSSR count). The number of nitrogens with zero attached hydrogens (tertiary/aromatic N) is 1. The van der Waals surface area contributed by atoms with Crippen molar-refractivity contribution in [3.05, 3.63) is 0 Å². The van der Waals surface area contributed by atoms with Crippen LogP contribution >= 0.6 is 0 Å². The topological polar surface area (TPSA) is 89.9 Å². The molecule has 3 N–H and O–H groups in total. The lowest BCUT2D eigenvalue weighted by molar-refractivity contribution is -0.146. The molecule has 6 heteroatoms. The molecule has 0 saturated heterocycles. The minimum atomic E-state index is -1.54. The minimum Gasteiger partial charge on any atom is -0.479 e. The number of carboxylic acids is 1. The van der Waals surface area contributed by atoms with Gasteiger partial charge < -0.3 is 20.4 Å². The van der Waals surface area contributed by atoms with Gasteiger partial charge in [-0.2, -0.15) is 0 Å². The summed E-state index contributed by atoms with van der Waals surface area (Å²) in [5.41, 5.74) is 0. The molecule has 6 nitrogen and oxygen atoms in total. The SMILES string of the molecule is CCN(C(=O)NCC(O)C(=O)O)C1CCCCC1. The Morgan fingerprint density at radius 2 is 1.94 bits per heavy atom. The molecule has 0 bridgehead atoms. The lowest BCUT2D eigenvalue weighted by Crippen LogP contribution is -2.49. The van der Waals surface area contributed by atoms with Crippen molar-refractivity contribution < 1.29 is 19.8 Å². The van der Waals surface area contributed by atoms with Crippen LogP contribution in [0.25, 0.3) is 0 Å². The first-order valence-electron chi connectivity index (χ1n) is 6.51. The Morgan fingerprint density at radius 1 is 1.33 bits per heavy atom. The third-order valence-corrected chi connectivity index (χ3v) is 3.35.